The van der Waals surface area contributed by atoms with Gasteiger partial charge in [-0.2, -0.15) is 0 Å². The molecule has 0 spiro atoms. The van der Waals surface area contributed by atoms with Gasteiger partial charge in [-0.15, -0.1) is 0 Å². The highest BCUT2D eigenvalue weighted by molar-refractivity contribution is 5.95. The first-order chi connectivity index (χ1) is 8.81. The highest BCUT2D eigenvalue weighted by Crippen LogP contribution is 2.32. The zero-order valence-corrected chi connectivity index (χ0v) is 11.4. The zero-order chi connectivity index (χ0) is 14.6. The van der Waals surface area contributed by atoms with E-state index in [4.69, 9.17) is 9.47 Å². The Balaban J connectivity index is 2.61. The van der Waals surface area contributed by atoms with Crippen LogP contribution < -0.4 is 0 Å². The quantitative estimate of drug-likeness (QED) is 0.522. The molecule has 1 aliphatic rings. The summed E-state index contributed by atoms with van der Waals surface area (Å²) in [5.74, 6) is -2.79. The molecule has 0 aromatic heterocycles. The molecule has 7 nitrogen and oxygen atoms in total. The van der Waals surface area contributed by atoms with Crippen LogP contribution in [0.3, 0.4) is 0 Å². The molecule has 1 unspecified atom stereocenters. The number of carbonyl (C=O) groups excluding carboxylic acids is 3. The molecular formula is C12H18O7. The second-order valence-electron chi connectivity index (χ2n) is 4.49. The van der Waals surface area contributed by atoms with Crippen LogP contribution in [0.25, 0.3) is 0 Å². The van der Waals surface area contributed by atoms with Gasteiger partial charge in [-0.3, -0.25) is 9.59 Å². The zero-order valence-electron chi connectivity index (χ0n) is 11.4. The minimum absolute atomic E-state index is 0.139. The average molecular weight is 274 g/mol. The van der Waals surface area contributed by atoms with E-state index in [2.05, 4.69) is 9.47 Å². The number of methoxy groups -OCH3 is 2. The van der Waals surface area contributed by atoms with Gasteiger partial charge in [0.05, 0.1) is 26.7 Å². The highest BCUT2D eigenvalue weighted by Gasteiger charge is 2.47. The second-order valence-corrected chi connectivity index (χ2v) is 4.49. The van der Waals surface area contributed by atoms with Crippen molar-refractivity contribution in [2.75, 3.05) is 14.2 Å². The smallest absolute Gasteiger partial charge is 0.337 e. The fourth-order valence-electron chi connectivity index (χ4n) is 1.94. The van der Waals surface area contributed by atoms with Crippen LogP contribution >= 0.6 is 0 Å². The van der Waals surface area contributed by atoms with Gasteiger partial charge in [-0.1, -0.05) is 0 Å². The van der Waals surface area contributed by atoms with E-state index in [0.717, 1.165) is 0 Å². The molecule has 7 heteroatoms. The van der Waals surface area contributed by atoms with Crippen LogP contribution in [0.1, 0.15) is 26.7 Å². The molecule has 108 valence electrons. The Hall–Kier alpha value is -1.47. The van der Waals surface area contributed by atoms with Crippen LogP contribution in [0, 0.1) is 0 Å². The van der Waals surface area contributed by atoms with Crippen LogP contribution in [-0.2, 0) is 33.3 Å². The van der Waals surface area contributed by atoms with Crippen LogP contribution in [0.2, 0.25) is 0 Å². The summed E-state index contributed by atoms with van der Waals surface area (Å²) in [6.07, 6.45) is -1.89. The summed E-state index contributed by atoms with van der Waals surface area (Å²) in [4.78, 5) is 34.1. The van der Waals surface area contributed by atoms with E-state index in [-0.39, 0.29) is 18.6 Å². The summed E-state index contributed by atoms with van der Waals surface area (Å²) in [5, 5.41) is 0. The molecule has 0 aromatic rings. The van der Waals surface area contributed by atoms with Gasteiger partial charge in [0.15, 0.2) is 11.9 Å². The predicted octanol–water partition coefficient (Wildman–Crippen LogP) is 0.202. The molecule has 0 amide bonds. The third-order valence-electron chi connectivity index (χ3n) is 2.76. The molecule has 1 rings (SSSR count). The van der Waals surface area contributed by atoms with Gasteiger partial charge in [-0.05, 0) is 13.8 Å². The van der Waals surface area contributed by atoms with Gasteiger partial charge in [-0.25, -0.2) is 4.79 Å². The number of ketones is 1. The summed E-state index contributed by atoms with van der Waals surface area (Å²) in [6.45, 7) is 3.19. The number of ether oxygens (including phenoxy) is 4. The number of Topliss-reactive ketones (excluding diaryl/α,β-unsaturated/α-hetero) is 1. The van der Waals surface area contributed by atoms with Crippen molar-refractivity contribution >= 4 is 17.7 Å². The fourth-order valence-corrected chi connectivity index (χ4v) is 1.94. The van der Waals surface area contributed by atoms with Crippen molar-refractivity contribution in [2.24, 2.45) is 0 Å². The van der Waals surface area contributed by atoms with Crippen molar-refractivity contribution in [1.82, 2.24) is 0 Å². The van der Waals surface area contributed by atoms with E-state index in [1.165, 1.54) is 14.2 Å². The van der Waals surface area contributed by atoms with E-state index >= 15 is 0 Å². The SMILES string of the molecule is COC(=O)CC(=O)CC1(C)O[C@@H](C)[C@H](C(=O)OC)O1. The lowest BCUT2D eigenvalue weighted by atomic mass is 10.1. The summed E-state index contributed by atoms with van der Waals surface area (Å²) < 4.78 is 19.9. The lowest BCUT2D eigenvalue weighted by Crippen LogP contribution is -2.33. The van der Waals surface area contributed by atoms with Crippen molar-refractivity contribution in [3.8, 4) is 0 Å². The molecule has 0 saturated carbocycles. The van der Waals surface area contributed by atoms with E-state index in [1.54, 1.807) is 13.8 Å². The molecule has 3 atom stereocenters. The summed E-state index contributed by atoms with van der Waals surface area (Å²) in [6, 6.07) is 0. The van der Waals surface area contributed by atoms with Gasteiger partial charge in [0.1, 0.15) is 12.2 Å². The predicted molar refractivity (Wildman–Crippen MR) is 62.1 cm³/mol. The van der Waals surface area contributed by atoms with Gasteiger partial charge in [0, 0.05) is 0 Å². The molecule has 0 aromatic carbocycles. The average Bonchev–Trinajstić information content (AvgIpc) is 2.62. The molecule has 1 heterocycles. The van der Waals surface area contributed by atoms with Crippen molar-refractivity contribution in [3.63, 3.8) is 0 Å². The van der Waals surface area contributed by atoms with Crippen molar-refractivity contribution < 1.29 is 33.3 Å². The van der Waals surface area contributed by atoms with Crippen LogP contribution in [0.4, 0.5) is 0 Å². The number of esters is 2. The molecule has 1 fully saturated rings. The van der Waals surface area contributed by atoms with Gasteiger partial charge in [0.2, 0.25) is 0 Å². The maximum Gasteiger partial charge on any atom is 0.337 e. The Kier molecular flexibility index (Phi) is 5.02. The lowest BCUT2D eigenvalue weighted by molar-refractivity contribution is -0.181. The molecule has 19 heavy (non-hydrogen) atoms. The normalized spacial score (nSPS) is 29.9. The van der Waals surface area contributed by atoms with Gasteiger partial charge >= 0.3 is 11.9 Å². The Labute approximate surface area is 111 Å². The van der Waals surface area contributed by atoms with Crippen molar-refractivity contribution in [3.05, 3.63) is 0 Å². The largest absolute Gasteiger partial charge is 0.469 e. The minimum Gasteiger partial charge on any atom is -0.469 e. The van der Waals surface area contributed by atoms with Crippen molar-refractivity contribution in [1.29, 1.82) is 0 Å². The van der Waals surface area contributed by atoms with Crippen LogP contribution in [0.15, 0.2) is 0 Å². The van der Waals surface area contributed by atoms with Crippen molar-refractivity contribution in [2.45, 2.75) is 44.7 Å². The fraction of sp³-hybridized carbons (Fsp3) is 0.750. The monoisotopic (exact) mass is 274 g/mol. The van der Waals surface area contributed by atoms with E-state index < -0.39 is 29.9 Å². The first-order valence-electron chi connectivity index (χ1n) is 5.83. The molecule has 0 N–H and O–H groups in total. The Morgan fingerprint density at radius 1 is 1.16 bits per heavy atom. The number of hydrogen-bond donors (Lipinski definition) is 0. The van der Waals surface area contributed by atoms with Gasteiger partial charge < -0.3 is 18.9 Å². The van der Waals surface area contributed by atoms with Gasteiger partial charge in [0.25, 0.3) is 0 Å². The Morgan fingerprint density at radius 3 is 2.32 bits per heavy atom. The van der Waals surface area contributed by atoms with E-state index in [1.807, 2.05) is 0 Å². The van der Waals surface area contributed by atoms with Crippen LogP contribution in [-0.4, -0.2) is 49.9 Å². The molecular weight excluding hydrogens is 256 g/mol. The third kappa shape index (κ3) is 4.00. The summed E-state index contributed by atoms with van der Waals surface area (Å²) >= 11 is 0. The van der Waals surface area contributed by atoms with E-state index in [0.29, 0.717) is 0 Å². The lowest BCUT2D eigenvalue weighted by Gasteiger charge is -2.21. The first-order valence-corrected chi connectivity index (χ1v) is 5.83. The minimum atomic E-state index is -1.23. The topological polar surface area (TPSA) is 88.1 Å². The number of carbonyl (C=O) groups is 3. The maximum absolute atomic E-state index is 11.6. The number of rotatable bonds is 5. The van der Waals surface area contributed by atoms with E-state index in [9.17, 15) is 14.4 Å². The maximum atomic E-state index is 11.6. The summed E-state index contributed by atoms with van der Waals surface area (Å²) in [5.41, 5.74) is 0. The molecule has 1 saturated heterocycles. The second kappa shape index (κ2) is 6.12. The molecule has 1 aliphatic heterocycles. The molecule has 0 radical (unpaired) electrons. The number of hydrogen-bond acceptors (Lipinski definition) is 7. The van der Waals surface area contributed by atoms with Crippen LogP contribution in [0.5, 0.6) is 0 Å². The molecule has 0 aliphatic carbocycles. The molecule has 0 bridgehead atoms. The first kappa shape index (κ1) is 15.6. The highest BCUT2D eigenvalue weighted by atomic mass is 16.8. The summed E-state index contributed by atoms with van der Waals surface area (Å²) in [7, 11) is 2.45. The standard InChI is InChI=1S/C12H18O7/c1-7-10(11(15)17-4)19-12(2,18-7)6-8(13)5-9(14)16-3/h7,10H,5-6H2,1-4H3/t7-,10+,12?/m0/s1. The Bertz CT molecular complexity index is 378. The third-order valence-corrected chi connectivity index (χ3v) is 2.76. The Morgan fingerprint density at radius 2 is 1.79 bits per heavy atom.